The number of primary sulfonamides is 1. The number of nitrogens with one attached hydrogen (secondary N) is 1. The van der Waals surface area contributed by atoms with E-state index >= 15 is 0 Å². The molecule has 0 saturated carbocycles. The van der Waals surface area contributed by atoms with Crippen LogP contribution in [0, 0.1) is 6.92 Å². The monoisotopic (exact) mass is 322 g/mol. The molecule has 7 nitrogen and oxygen atoms in total. The summed E-state index contributed by atoms with van der Waals surface area (Å²) in [6, 6.07) is 7.71. The van der Waals surface area contributed by atoms with Crippen molar-refractivity contribution >= 4 is 15.9 Å². The van der Waals surface area contributed by atoms with Crippen molar-refractivity contribution in [3.8, 4) is 5.69 Å². The highest BCUT2D eigenvalue weighted by molar-refractivity contribution is 7.89. The molecule has 0 unspecified atom stereocenters. The summed E-state index contributed by atoms with van der Waals surface area (Å²) in [7, 11) is -3.49. The van der Waals surface area contributed by atoms with E-state index in [9.17, 15) is 13.2 Å². The molecule has 1 amide bonds. The van der Waals surface area contributed by atoms with Gasteiger partial charge in [0.25, 0.3) is 5.91 Å². The molecule has 22 heavy (non-hydrogen) atoms. The Morgan fingerprint density at radius 1 is 1.36 bits per heavy atom. The van der Waals surface area contributed by atoms with Crippen molar-refractivity contribution in [2.24, 2.45) is 5.14 Å². The van der Waals surface area contributed by atoms with Crippen LogP contribution in [0.2, 0.25) is 0 Å². The van der Waals surface area contributed by atoms with Crippen molar-refractivity contribution in [1.82, 2.24) is 15.1 Å². The largest absolute Gasteiger partial charge is 0.352 e. The highest BCUT2D eigenvalue weighted by atomic mass is 32.2. The van der Waals surface area contributed by atoms with Crippen LogP contribution in [0.1, 0.15) is 22.3 Å². The average Bonchev–Trinajstić information content (AvgIpc) is 2.92. The fraction of sp³-hybridized carbons (Fsp3) is 0.286. The number of carbonyl (C=O) groups is 1. The molecule has 118 valence electrons. The highest BCUT2D eigenvalue weighted by Crippen LogP contribution is 2.13. The zero-order valence-corrected chi connectivity index (χ0v) is 13.0. The number of nitrogens with two attached hydrogens (primary N) is 1. The van der Waals surface area contributed by atoms with Gasteiger partial charge in [0.15, 0.2) is 0 Å². The molecule has 1 aromatic carbocycles. The van der Waals surface area contributed by atoms with Crippen LogP contribution in [-0.4, -0.2) is 36.4 Å². The highest BCUT2D eigenvalue weighted by Gasteiger charge is 2.10. The zero-order valence-electron chi connectivity index (χ0n) is 12.2. The van der Waals surface area contributed by atoms with Gasteiger partial charge in [-0.15, -0.1) is 0 Å². The number of aromatic nitrogens is 2. The van der Waals surface area contributed by atoms with Gasteiger partial charge in [-0.2, -0.15) is 5.10 Å². The number of aryl methyl sites for hydroxylation is 1. The Morgan fingerprint density at radius 3 is 2.77 bits per heavy atom. The van der Waals surface area contributed by atoms with Gasteiger partial charge in [0.2, 0.25) is 10.0 Å². The number of sulfonamides is 1. The first-order valence-corrected chi connectivity index (χ1v) is 8.48. The van der Waals surface area contributed by atoms with E-state index in [1.165, 1.54) is 6.20 Å². The standard InChI is InChI=1S/C14H18N4O3S/c1-11-5-2-3-6-13(11)18-10-12(9-17-18)14(19)16-7-4-8-22(15,20)21/h2-3,5-6,9-10H,4,7-8H2,1H3,(H,16,19)(H2,15,20,21). The molecule has 0 spiro atoms. The topological polar surface area (TPSA) is 107 Å². The predicted octanol–water partition coefficient (Wildman–Crippen LogP) is 0.589. The number of rotatable bonds is 6. The minimum Gasteiger partial charge on any atom is -0.352 e. The average molecular weight is 322 g/mol. The molecule has 1 aromatic heterocycles. The molecule has 1 heterocycles. The van der Waals surface area contributed by atoms with Crippen LogP contribution in [-0.2, 0) is 10.0 Å². The summed E-state index contributed by atoms with van der Waals surface area (Å²) in [5, 5.41) is 11.7. The second kappa shape index (κ2) is 6.71. The van der Waals surface area contributed by atoms with E-state index in [4.69, 9.17) is 5.14 Å². The van der Waals surface area contributed by atoms with Gasteiger partial charge in [0, 0.05) is 12.7 Å². The lowest BCUT2D eigenvalue weighted by Gasteiger charge is -2.04. The van der Waals surface area contributed by atoms with E-state index in [2.05, 4.69) is 10.4 Å². The summed E-state index contributed by atoms with van der Waals surface area (Å²) < 4.78 is 23.2. The van der Waals surface area contributed by atoms with Crippen LogP contribution in [0.25, 0.3) is 5.69 Å². The summed E-state index contributed by atoms with van der Waals surface area (Å²) in [4.78, 5) is 12.0. The molecule has 0 saturated heterocycles. The molecule has 0 fully saturated rings. The van der Waals surface area contributed by atoms with Crippen molar-refractivity contribution in [2.75, 3.05) is 12.3 Å². The zero-order chi connectivity index (χ0) is 16.2. The Morgan fingerprint density at radius 2 is 2.09 bits per heavy atom. The Kier molecular flexibility index (Phi) is 4.94. The lowest BCUT2D eigenvalue weighted by atomic mass is 10.2. The van der Waals surface area contributed by atoms with Gasteiger partial charge < -0.3 is 5.32 Å². The van der Waals surface area contributed by atoms with Crippen LogP contribution >= 0.6 is 0 Å². The van der Waals surface area contributed by atoms with Crippen LogP contribution in [0.15, 0.2) is 36.7 Å². The second-order valence-corrected chi connectivity index (χ2v) is 6.67. The molecule has 0 aliphatic carbocycles. The van der Waals surface area contributed by atoms with Gasteiger partial charge in [0.05, 0.1) is 23.2 Å². The minimum atomic E-state index is -3.49. The second-order valence-electron chi connectivity index (χ2n) is 4.94. The lowest BCUT2D eigenvalue weighted by molar-refractivity contribution is 0.0953. The molecule has 0 aliphatic heterocycles. The first-order valence-electron chi connectivity index (χ1n) is 6.76. The summed E-state index contributed by atoms with van der Waals surface area (Å²) in [6.45, 7) is 2.20. The number of hydrogen-bond acceptors (Lipinski definition) is 4. The van der Waals surface area contributed by atoms with Gasteiger partial charge in [-0.05, 0) is 25.0 Å². The molecule has 8 heteroatoms. The van der Waals surface area contributed by atoms with Crippen LogP contribution < -0.4 is 10.5 Å². The van der Waals surface area contributed by atoms with Crippen molar-refractivity contribution < 1.29 is 13.2 Å². The number of para-hydroxylation sites is 1. The number of carbonyl (C=O) groups excluding carboxylic acids is 1. The first kappa shape index (κ1) is 16.2. The van der Waals surface area contributed by atoms with Crippen LogP contribution in [0.5, 0.6) is 0 Å². The number of benzene rings is 1. The van der Waals surface area contributed by atoms with E-state index in [1.54, 1.807) is 10.9 Å². The quantitative estimate of drug-likeness (QED) is 0.759. The fourth-order valence-electron chi connectivity index (χ4n) is 1.97. The molecule has 2 rings (SSSR count). The molecule has 0 atom stereocenters. The Hall–Kier alpha value is -2.19. The van der Waals surface area contributed by atoms with E-state index in [-0.39, 0.29) is 24.6 Å². The predicted molar refractivity (Wildman–Crippen MR) is 83.2 cm³/mol. The lowest BCUT2D eigenvalue weighted by Crippen LogP contribution is -2.27. The summed E-state index contributed by atoms with van der Waals surface area (Å²) in [6.07, 6.45) is 3.38. The summed E-state index contributed by atoms with van der Waals surface area (Å²) >= 11 is 0. The molecule has 0 aliphatic rings. The summed E-state index contributed by atoms with van der Waals surface area (Å²) in [5.41, 5.74) is 2.36. The normalized spacial score (nSPS) is 11.4. The maximum atomic E-state index is 12.0. The van der Waals surface area contributed by atoms with Crippen molar-refractivity contribution in [3.05, 3.63) is 47.8 Å². The smallest absolute Gasteiger partial charge is 0.254 e. The van der Waals surface area contributed by atoms with Gasteiger partial charge in [-0.3, -0.25) is 4.79 Å². The van der Waals surface area contributed by atoms with E-state index in [0.717, 1.165) is 11.3 Å². The van der Waals surface area contributed by atoms with Gasteiger partial charge >= 0.3 is 0 Å². The van der Waals surface area contributed by atoms with Crippen molar-refractivity contribution in [2.45, 2.75) is 13.3 Å². The van der Waals surface area contributed by atoms with E-state index in [0.29, 0.717) is 5.56 Å². The van der Waals surface area contributed by atoms with Gasteiger partial charge in [-0.25, -0.2) is 18.2 Å². The maximum Gasteiger partial charge on any atom is 0.254 e. The Balaban J connectivity index is 1.97. The third-order valence-electron chi connectivity index (χ3n) is 3.10. The molecular weight excluding hydrogens is 304 g/mol. The van der Waals surface area contributed by atoms with Crippen LogP contribution in [0.4, 0.5) is 0 Å². The molecule has 0 radical (unpaired) electrons. The third kappa shape index (κ3) is 4.40. The number of amides is 1. The number of hydrogen-bond donors (Lipinski definition) is 2. The SMILES string of the molecule is Cc1ccccc1-n1cc(C(=O)NCCCS(N)(=O)=O)cn1. The molecule has 3 N–H and O–H groups in total. The number of nitrogens with zero attached hydrogens (tertiary/aromatic N) is 2. The third-order valence-corrected chi connectivity index (χ3v) is 3.96. The molecule has 0 bridgehead atoms. The van der Waals surface area contributed by atoms with E-state index < -0.39 is 10.0 Å². The Labute approximate surface area is 129 Å². The van der Waals surface area contributed by atoms with Crippen molar-refractivity contribution in [1.29, 1.82) is 0 Å². The first-order chi connectivity index (χ1) is 10.4. The fourth-order valence-corrected chi connectivity index (χ4v) is 2.52. The minimum absolute atomic E-state index is 0.157. The van der Waals surface area contributed by atoms with Gasteiger partial charge in [0.1, 0.15) is 0 Å². The summed E-state index contributed by atoms with van der Waals surface area (Å²) in [5.74, 6) is -0.454. The van der Waals surface area contributed by atoms with E-state index in [1.807, 2.05) is 31.2 Å². The van der Waals surface area contributed by atoms with Crippen molar-refractivity contribution in [3.63, 3.8) is 0 Å². The van der Waals surface area contributed by atoms with Crippen LogP contribution in [0.3, 0.4) is 0 Å². The Bertz CT molecular complexity index is 768. The molecule has 2 aromatic rings. The van der Waals surface area contributed by atoms with Gasteiger partial charge in [-0.1, -0.05) is 18.2 Å². The molecular formula is C14H18N4O3S. The maximum absolute atomic E-state index is 12.0.